The van der Waals surface area contributed by atoms with Crippen molar-refractivity contribution in [1.82, 2.24) is 4.90 Å². The number of aryl methyl sites for hydroxylation is 1. The second-order valence-electron chi connectivity index (χ2n) is 5.59. The maximum Gasteiger partial charge on any atom is 0.303 e. The van der Waals surface area contributed by atoms with E-state index in [9.17, 15) is 9.59 Å². The minimum absolute atomic E-state index is 0.0424. The summed E-state index contributed by atoms with van der Waals surface area (Å²) in [4.78, 5) is 24.7. The van der Waals surface area contributed by atoms with Gasteiger partial charge < -0.3 is 10.4 Å². The Bertz CT molecular complexity index is 516. The molecule has 1 atom stereocenters. The fraction of sp³-hybridized carbons (Fsp3) is 0.500. The first-order chi connectivity index (χ1) is 10.1. The summed E-state index contributed by atoms with van der Waals surface area (Å²) in [7, 11) is 0. The number of nitrogens with one attached hydrogen (secondary N) is 1. The van der Waals surface area contributed by atoms with E-state index in [0.29, 0.717) is 13.1 Å². The highest BCUT2D eigenvalue weighted by molar-refractivity contribution is 5.92. The predicted octanol–water partition coefficient (Wildman–Crippen LogP) is 1.98. The van der Waals surface area contributed by atoms with Crippen molar-refractivity contribution in [3.8, 4) is 0 Å². The number of likely N-dealkylation sites (tertiary alicyclic amines) is 1. The molecule has 1 unspecified atom stereocenters. The number of amides is 1. The zero-order valence-electron chi connectivity index (χ0n) is 12.3. The van der Waals surface area contributed by atoms with Gasteiger partial charge in [-0.2, -0.15) is 0 Å². The highest BCUT2D eigenvalue weighted by Gasteiger charge is 2.25. The first kappa shape index (κ1) is 15.5. The summed E-state index contributed by atoms with van der Waals surface area (Å²) in [6.45, 7) is 3.88. The Morgan fingerprint density at radius 1 is 1.43 bits per heavy atom. The molecule has 2 rings (SSSR count). The molecule has 0 saturated carbocycles. The second-order valence-corrected chi connectivity index (χ2v) is 5.59. The van der Waals surface area contributed by atoms with Crippen LogP contribution in [0.3, 0.4) is 0 Å². The topological polar surface area (TPSA) is 69.6 Å². The van der Waals surface area contributed by atoms with Gasteiger partial charge in [0.1, 0.15) is 0 Å². The van der Waals surface area contributed by atoms with Crippen molar-refractivity contribution in [2.45, 2.75) is 26.2 Å². The Kier molecular flexibility index (Phi) is 5.33. The fourth-order valence-corrected chi connectivity index (χ4v) is 2.74. The molecule has 1 fully saturated rings. The lowest BCUT2D eigenvalue weighted by atomic mass is 10.1. The van der Waals surface area contributed by atoms with E-state index in [1.165, 1.54) is 5.56 Å². The number of nitrogens with zero attached hydrogens (tertiary/aromatic N) is 1. The lowest BCUT2D eigenvalue weighted by molar-refractivity contribution is -0.138. The van der Waals surface area contributed by atoms with E-state index in [4.69, 9.17) is 5.11 Å². The number of benzene rings is 1. The van der Waals surface area contributed by atoms with Gasteiger partial charge in [-0.25, -0.2) is 0 Å². The van der Waals surface area contributed by atoms with E-state index in [1.54, 1.807) is 0 Å². The van der Waals surface area contributed by atoms with Crippen LogP contribution in [-0.4, -0.2) is 41.5 Å². The molecule has 0 radical (unpaired) electrons. The van der Waals surface area contributed by atoms with E-state index < -0.39 is 5.97 Å². The Morgan fingerprint density at radius 3 is 2.95 bits per heavy atom. The van der Waals surface area contributed by atoms with Gasteiger partial charge in [0.25, 0.3) is 0 Å². The number of carboxylic acids is 1. The third-order valence-electron chi connectivity index (χ3n) is 3.82. The van der Waals surface area contributed by atoms with Crippen molar-refractivity contribution in [2.75, 3.05) is 25.0 Å². The molecule has 1 saturated heterocycles. The van der Waals surface area contributed by atoms with E-state index in [-0.39, 0.29) is 18.2 Å². The molecule has 0 bridgehead atoms. The molecule has 0 aromatic heterocycles. The van der Waals surface area contributed by atoms with Crippen molar-refractivity contribution in [2.24, 2.45) is 5.92 Å². The maximum absolute atomic E-state index is 12.0. The van der Waals surface area contributed by atoms with Gasteiger partial charge in [0.15, 0.2) is 0 Å². The average molecular weight is 290 g/mol. The third kappa shape index (κ3) is 4.86. The Morgan fingerprint density at radius 2 is 2.24 bits per heavy atom. The van der Waals surface area contributed by atoms with Crippen molar-refractivity contribution in [1.29, 1.82) is 0 Å². The second kappa shape index (κ2) is 7.22. The van der Waals surface area contributed by atoms with Crippen molar-refractivity contribution < 1.29 is 14.7 Å². The molecule has 1 aromatic rings. The highest BCUT2D eigenvalue weighted by atomic mass is 16.4. The first-order valence-electron chi connectivity index (χ1n) is 7.39. The minimum Gasteiger partial charge on any atom is -0.481 e. The first-order valence-corrected chi connectivity index (χ1v) is 7.39. The molecule has 5 heteroatoms. The summed E-state index contributed by atoms with van der Waals surface area (Å²) >= 11 is 0. The number of aliphatic carboxylic acids is 1. The number of carbonyl (C=O) groups is 2. The van der Waals surface area contributed by atoms with Crippen LogP contribution in [-0.2, 0) is 16.0 Å². The standard InChI is InChI=1S/C16H22N2O3/c1-2-12-4-3-5-14(8-12)17-15(19)11-18-7-6-13(10-18)9-16(20)21/h3-5,8,13H,2,6-7,9-11H2,1H3,(H,17,19)(H,20,21). The number of carbonyl (C=O) groups excluding carboxylic acids is 1. The molecule has 114 valence electrons. The van der Waals surface area contributed by atoms with Crippen molar-refractivity contribution >= 4 is 17.6 Å². The van der Waals surface area contributed by atoms with E-state index in [1.807, 2.05) is 29.2 Å². The minimum atomic E-state index is -0.761. The molecule has 1 aromatic carbocycles. The SMILES string of the molecule is CCc1cccc(NC(=O)CN2CCC(CC(=O)O)C2)c1. The monoisotopic (exact) mass is 290 g/mol. The third-order valence-corrected chi connectivity index (χ3v) is 3.82. The Balaban J connectivity index is 1.81. The van der Waals surface area contributed by atoms with Crippen LogP contribution in [0.4, 0.5) is 5.69 Å². The quantitative estimate of drug-likeness (QED) is 0.840. The number of hydrogen-bond donors (Lipinski definition) is 2. The number of rotatable bonds is 6. The molecule has 1 heterocycles. The van der Waals surface area contributed by atoms with Gasteiger partial charge in [-0.3, -0.25) is 14.5 Å². The molecule has 21 heavy (non-hydrogen) atoms. The smallest absolute Gasteiger partial charge is 0.303 e. The van der Waals surface area contributed by atoms with Crippen molar-refractivity contribution in [3.05, 3.63) is 29.8 Å². The van der Waals surface area contributed by atoms with Crippen LogP contribution in [0, 0.1) is 5.92 Å². The summed E-state index contributed by atoms with van der Waals surface area (Å²) in [6, 6.07) is 7.84. The molecule has 1 aliphatic heterocycles. The number of hydrogen-bond acceptors (Lipinski definition) is 3. The van der Waals surface area contributed by atoms with Crippen LogP contribution in [0.2, 0.25) is 0 Å². The zero-order valence-corrected chi connectivity index (χ0v) is 12.3. The Labute approximate surface area is 125 Å². The van der Waals surface area contributed by atoms with Gasteiger partial charge in [0, 0.05) is 18.7 Å². The van der Waals surface area contributed by atoms with Crippen LogP contribution in [0.5, 0.6) is 0 Å². The maximum atomic E-state index is 12.0. The number of anilines is 1. The lowest BCUT2D eigenvalue weighted by Gasteiger charge is -2.15. The summed E-state index contributed by atoms with van der Waals surface area (Å²) in [5.74, 6) is -0.638. The molecule has 2 N–H and O–H groups in total. The van der Waals surface area contributed by atoms with Crippen LogP contribution in [0.25, 0.3) is 0 Å². The van der Waals surface area contributed by atoms with E-state index in [2.05, 4.69) is 12.2 Å². The molecule has 0 spiro atoms. The van der Waals surface area contributed by atoms with Crippen LogP contribution < -0.4 is 5.32 Å². The van der Waals surface area contributed by atoms with Gasteiger partial charge in [0.2, 0.25) is 5.91 Å². The van der Waals surface area contributed by atoms with Crippen LogP contribution >= 0.6 is 0 Å². The average Bonchev–Trinajstić information content (AvgIpc) is 2.85. The van der Waals surface area contributed by atoms with Crippen molar-refractivity contribution in [3.63, 3.8) is 0 Å². The van der Waals surface area contributed by atoms with Gasteiger partial charge in [-0.1, -0.05) is 19.1 Å². The van der Waals surface area contributed by atoms with E-state index >= 15 is 0 Å². The van der Waals surface area contributed by atoms with Crippen LogP contribution in [0.15, 0.2) is 24.3 Å². The molecular formula is C16H22N2O3. The van der Waals surface area contributed by atoms with Gasteiger partial charge in [0.05, 0.1) is 6.54 Å². The predicted molar refractivity (Wildman–Crippen MR) is 81.2 cm³/mol. The normalized spacial score (nSPS) is 18.6. The Hall–Kier alpha value is -1.88. The fourth-order valence-electron chi connectivity index (χ4n) is 2.74. The highest BCUT2D eigenvalue weighted by Crippen LogP contribution is 2.19. The molecule has 0 aliphatic carbocycles. The summed E-state index contributed by atoms with van der Waals surface area (Å²) < 4.78 is 0. The summed E-state index contributed by atoms with van der Waals surface area (Å²) in [5, 5.41) is 11.7. The van der Waals surface area contributed by atoms with Gasteiger partial charge in [-0.05, 0) is 43.0 Å². The largest absolute Gasteiger partial charge is 0.481 e. The van der Waals surface area contributed by atoms with Gasteiger partial charge in [-0.15, -0.1) is 0 Å². The van der Waals surface area contributed by atoms with E-state index in [0.717, 1.165) is 25.1 Å². The molecule has 5 nitrogen and oxygen atoms in total. The van der Waals surface area contributed by atoms with Crippen LogP contribution in [0.1, 0.15) is 25.3 Å². The van der Waals surface area contributed by atoms with Gasteiger partial charge >= 0.3 is 5.97 Å². The number of carboxylic acid groups (broad SMARTS) is 1. The summed E-state index contributed by atoms with van der Waals surface area (Å²) in [5.41, 5.74) is 2.01. The molecule has 1 aliphatic rings. The summed E-state index contributed by atoms with van der Waals surface area (Å²) in [6.07, 6.45) is 1.98. The zero-order chi connectivity index (χ0) is 15.2. The molecular weight excluding hydrogens is 268 g/mol. The lowest BCUT2D eigenvalue weighted by Crippen LogP contribution is -2.31. The molecule has 1 amide bonds.